The predicted molar refractivity (Wildman–Crippen MR) is 122 cm³/mol. The number of benzene rings is 2. The number of hydrogen-bond donors (Lipinski definition) is 1. The summed E-state index contributed by atoms with van der Waals surface area (Å²) < 4.78 is 8.46. The average Bonchev–Trinajstić information content (AvgIpc) is 3.08. The molecule has 3 rings (SSSR count). The number of aryl methyl sites for hydroxylation is 3. The van der Waals surface area contributed by atoms with Gasteiger partial charge < -0.3 is 14.6 Å². The number of imidazole rings is 1. The zero-order valence-corrected chi connectivity index (χ0v) is 18.4. The van der Waals surface area contributed by atoms with Crippen molar-refractivity contribution in [1.29, 1.82) is 0 Å². The summed E-state index contributed by atoms with van der Waals surface area (Å²) in [6.07, 6.45) is 4.51. The molecule has 160 valence electrons. The van der Waals surface area contributed by atoms with E-state index in [0.29, 0.717) is 19.1 Å². The van der Waals surface area contributed by atoms with E-state index in [0.717, 1.165) is 55.7 Å². The first-order valence-electron chi connectivity index (χ1n) is 10.9. The lowest BCUT2D eigenvalue weighted by molar-refractivity contribution is -0.109. The molecule has 0 saturated carbocycles. The fraction of sp³-hybridized carbons (Fsp3) is 0.440. The number of amides is 1. The van der Waals surface area contributed by atoms with Gasteiger partial charge in [-0.25, -0.2) is 4.98 Å². The number of para-hydroxylation sites is 2. The summed E-state index contributed by atoms with van der Waals surface area (Å²) in [6, 6.07) is 14.8. The van der Waals surface area contributed by atoms with E-state index in [9.17, 15) is 4.79 Å². The van der Waals surface area contributed by atoms with Crippen LogP contribution in [0.4, 0.5) is 0 Å². The molecule has 0 atom stereocenters. The van der Waals surface area contributed by atoms with Crippen molar-refractivity contribution in [2.24, 2.45) is 0 Å². The van der Waals surface area contributed by atoms with Gasteiger partial charge in [-0.05, 0) is 61.4 Å². The first-order chi connectivity index (χ1) is 14.6. The minimum Gasteiger partial charge on any atom is -0.493 e. The summed E-state index contributed by atoms with van der Waals surface area (Å²) in [5.41, 5.74) is 4.71. The molecule has 1 heterocycles. The van der Waals surface area contributed by atoms with Gasteiger partial charge in [-0.1, -0.05) is 38.1 Å². The number of hydrogen-bond acceptors (Lipinski definition) is 3. The second-order valence-corrected chi connectivity index (χ2v) is 8.10. The Labute approximate surface area is 179 Å². The molecule has 0 spiro atoms. The SMILES string of the molecule is Cc1ccc(C(C)C)c(OCCCCn2c(CCCNC=O)nc3ccccc32)c1. The van der Waals surface area contributed by atoms with Gasteiger partial charge in [0.05, 0.1) is 17.6 Å². The van der Waals surface area contributed by atoms with E-state index in [1.54, 1.807) is 0 Å². The van der Waals surface area contributed by atoms with Crippen molar-refractivity contribution < 1.29 is 9.53 Å². The van der Waals surface area contributed by atoms with Gasteiger partial charge in [0.25, 0.3) is 0 Å². The molecule has 0 fully saturated rings. The molecule has 2 aromatic carbocycles. The highest BCUT2D eigenvalue weighted by molar-refractivity contribution is 5.75. The van der Waals surface area contributed by atoms with E-state index < -0.39 is 0 Å². The zero-order chi connectivity index (χ0) is 21.3. The smallest absolute Gasteiger partial charge is 0.207 e. The van der Waals surface area contributed by atoms with E-state index in [1.165, 1.54) is 16.6 Å². The molecule has 5 nitrogen and oxygen atoms in total. The number of carbonyl (C=O) groups excluding carboxylic acids is 1. The van der Waals surface area contributed by atoms with Crippen LogP contribution in [-0.4, -0.2) is 29.1 Å². The monoisotopic (exact) mass is 407 g/mol. The fourth-order valence-corrected chi connectivity index (χ4v) is 3.77. The molecule has 0 bridgehead atoms. The lowest BCUT2D eigenvalue weighted by Crippen LogP contribution is -2.14. The summed E-state index contributed by atoms with van der Waals surface area (Å²) in [5.74, 6) is 2.56. The highest BCUT2D eigenvalue weighted by Crippen LogP contribution is 2.27. The van der Waals surface area contributed by atoms with Crippen LogP contribution in [0, 0.1) is 6.92 Å². The van der Waals surface area contributed by atoms with Crippen molar-refractivity contribution in [3.8, 4) is 5.75 Å². The highest BCUT2D eigenvalue weighted by Gasteiger charge is 2.11. The summed E-state index contributed by atoms with van der Waals surface area (Å²) >= 11 is 0. The molecular weight excluding hydrogens is 374 g/mol. The van der Waals surface area contributed by atoms with Crippen LogP contribution in [0.1, 0.15) is 56.0 Å². The second kappa shape index (κ2) is 10.8. The Hall–Kier alpha value is -2.82. The molecular formula is C25H33N3O2. The Morgan fingerprint density at radius 1 is 1.13 bits per heavy atom. The molecule has 0 aliphatic heterocycles. The van der Waals surface area contributed by atoms with Crippen molar-refractivity contribution in [3.05, 3.63) is 59.4 Å². The maximum atomic E-state index is 10.5. The Kier molecular flexibility index (Phi) is 7.89. The molecule has 0 aliphatic carbocycles. The Morgan fingerprint density at radius 2 is 1.97 bits per heavy atom. The summed E-state index contributed by atoms with van der Waals surface area (Å²) in [7, 11) is 0. The molecule has 0 unspecified atom stereocenters. The van der Waals surface area contributed by atoms with E-state index >= 15 is 0 Å². The van der Waals surface area contributed by atoms with E-state index in [2.05, 4.69) is 67.1 Å². The Balaban J connectivity index is 1.58. The largest absolute Gasteiger partial charge is 0.493 e. The molecule has 30 heavy (non-hydrogen) atoms. The summed E-state index contributed by atoms with van der Waals surface area (Å²) in [5, 5.41) is 2.73. The number of aromatic nitrogens is 2. The number of unbranched alkanes of at least 4 members (excludes halogenated alkanes) is 1. The molecule has 5 heteroatoms. The normalized spacial score (nSPS) is 11.2. The quantitative estimate of drug-likeness (QED) is 0.339. The van der Waals surface area contributed by atoms with Gasteiger partial charge in [0.2, 0.25) is 6.41 Å². The average molecular weight is 408 g/mol. The minimum atomic E-state index is 0.453. The fourth-order valence-electron chi connectivity index (χ4n) is 3.77. The number of fused-ring (bicyclic) bond motifs is 1. The third kappa shape index (κ3) is 5.62. The zero-order valence-electron chi connectivity index (χ0n) is 18.4. The molecule has 3 aromatic rings. The van der Waals surface area contributed by atoms with Gasteiger partial charge in [0.15, 0.2) is 0 Å². The van der Waals surface area contributed by atoms with E-state index in [1.807, 2.05) is 6.07 Å². The summed E-state index contributed by atoms with van der Waals surface area (Å²) in [4.78, 5) is 15.3. The Morgan fingerprint density at radius 3 is 2.77 bits per heavy atom. The molecule has 1 aromatic heterocycles. The van der Waals surface area contributed by atoms with Crippen LogP contribution in [0.25, 0.3) is 11.0 Å². The minimum absolute atomic E-state index is 0.453. The molecule has 1 N–H and O–H groups in total. The third-order valence-electron chi connectivity index (χ3n) is 5.36. The van der Waals surface area contributed by atoms with Crippen LogP contribution in [0.15, 0.2) is 42.5 Å². The third-order valence-corrected chi connectivity index (χ3v) is 5.36. The van der Waals surface area contributed by atoms with Crippen LogP contribution < -0.4 is 10.1 Å². The van der Waals surface area contributed by atoms with Gasteiger partial charge in [-0.3, -0.25) is 4.79 Å². The molecule has 1 amide bonds. The Bertz CT molecular complexity index is 962. The first-order valence-corrected chi connectivity index (χ1v) is 10.9. The van der Waals surface area contributed by atoms with Gasteiger partial charge in [0, 0.05) is 19.5 Å². The van der Waals surface area contributed by atoms with Gasteiger partial charge >= 0.3 is 0 Å². The maximum Gasteiger partial charge on any atom is 0.207 e. The van der Waals surface area contributed by atoms with Gasteiger partial charge in [-0.2, -0.15) is 0 Å². The van der Waals surface area contributed by atoms with Crippen molar-refractivity contribution in [1.82, 2.24) is 14.9 Å². The van der Waals surface area contributed by atoms with Crippen LogP contribution >= 0.6 is 0 Å². The molecule has 0 saturated heterocycles. The number of rotatable bonds is 12. The molecule has 0 radical (unpaired) electrons. The van der Waals surface area contributed by atoms with Crippen molar-refractivity contribution in [3.63, 3.8) is 0 Å². The van der Waals surface area contributed by atoms with E-state index in [4.69, 9.17) is 9.72 Å². The summed E-state index contributed by atoms with van der Waals surface area (Å²) in [6.45, 7) is 8.82. The van der Waals surface area contributed by atoms with Crippen molar-refractivity contribution in [2.45, 2.75) is 58.9 Å². The number of nitrogens with zero attached hydrogens (tertiary/aromatic N) is 2. The maximum absolute atomic E-state index is 10.5. The lowest BCUT2D eigenvalue weighted by atomic mass is 10.0. The predicted octanol–water partition coefficient (Wildman–Crippen LogP) is 5.01. The number of ether oxygens (including phenoxy) is 1. The second-order valence-electron chi connectivity index (χ2n) is 8.10. The van der Waals surface area contributed by atoms with Crippen LogP contribution in [0.3, 0.4) is 0 Å². The first kappa shape index (κ1) is 21.9. The van der Waals surface area contributed by atoms with Gasteiger partial charge in [-0.15, -0.1) is 0 Å². The number of carbonyl (C=O) groups is 1. The highest BCUT2D eigenvalue weighted by atomic mass is 16.5. The van der Waals surface area contributed by atoms with E-state index in [-0.39, 0.29) is 0 Å². The van der Waals surface area contributed by atoms with Crippen molar-refractivity contribution >= 4 is 17.4 Å². The topological polar surface area (TPSA) is 56.1 Å². The molecule has 0 aliphatic rings. The van der Waals surface area contributed by atoms with Crippen LogP contribution in [0.2, 0.25) is 0 Å². The van der Waals surface area contributed by atoms with Crippen LogP contribution in [0.5, 0.6) is 5.75 Å². The van der Waals surface area contributed by atoms with Crippen molar-refractivity contribution in [2.75, 3.05) is 13.2 Å². The standard InChI is InChI=1S/C25H33N3O2/c1-19(2)21-13-12-20(3)17-24(21)30-16-7-6-15-28-23-10-5-4-9-22(23)27-25(28)11-8-14-26-18-29/h4-5,9-10,12-13,17-19H,6-8,11,14-16H2,1-3H3,(H,26,29). The van der Waals surface area contributed by atoms with Gasteiger partial charge in [0.1, 0.15) is 11.6 Å². The van der Waals surface area contributed by atoms with Crippen LogP contribution in [-0.2, 0) is 17.8 Å². The number of nitrogens with one attached hydrogen (secondary N) is 1. The lowest BCUT2D eigenvalue weighted by Gasteiger charge is -2.15.